The topological polar surface area (TPSA) is 81.7 Å². The zero-order chi connectivity index (χ0) is 24.2. The number of aryl methyl sites for hydroxylation is 1. The lowest BCUT2D eigenvalue weighted by molar-refractivity contribution is 0.262. The maximum atomic E-state index is 12.6. The van der Waals surface area contributed by atoms with Crippen LogP contribution in [0.5, 0.6) is 23.0 Å². The standard InChI is InChI=1S/C27H27N3O4/c1-16-8-6-7-9-20(16)29-27(31)30-21-10-11-23(18(3)17(21)2)34-24-12-13-28-22-15-26(33-5)25(32-4)14-19(22)24/h6-15H,1-5H3,(H2,29,30,31). The van der Waals surface area contributed by atoms with Crippen LogP contribution >= 0.6 is 0 Å². The van der Waals surface area contributed by atoms with Crippen LogP contribution in [-0.4, -0.2) is 25.2 Å². The fourth-order valence-corrected chi connectivity index (χ4v) is 3.69. The van der Waals surface area contributed by atoms with Gasteiger partial charge in [0.15, 0.2) is 11.5 Å². The number of para-hydroxylation sites is 1. The molecule has 0 radical (unpaired) electrons. The van der Waals surface area contributed by atoms with E-state index in [1.165, 1.54) is 0 Å². The van der Waals surface area contributed by atoms with Crippen molar-refractivity contribution in [3.05, 3.63) is 77.5 Å². The van der Waals surface area contributed by atoms with Crippen LogP contribution in [0.2, 0.25) is 0 Å². The van der Waals surface area contributed by atoms with Crippen molar-refractivity contribution >= 4 is 28.3 Å². The predicted octanol–water partition coefficient (Wildman–Crippen LogP) is 6.61. The number of nitrogens with zero attached hydrogens (tertiary/aromatic N) is 1. The highest BCUT2D eigenvalue weighted by molar-refractivity contribution is 6.00. The Labute approximate surface area is 198 Å². The van der Waals surface area contributed by atoms with Gasteiger partial charge in [0.1, 0.15) is 11.5 Å². The van der Waals surface area contributed by atoms with Crippen molar-refractivity contribution in [3.63, 3.8) is 0 Å². The second-order valence-corrected chi connectivity index (χ2v) is 7.89. The molecule has 1 aromatic heterocycles. The number of fused-ring (bicyclic) bond motifs is 1. The van der Waals surface area contributed by atoms with Gasteiger partial charge in [-0.25, -0.2) is 4.79 Å². The fraction of sp³-hybridized carbons (Fsp3) is 0.185. The first-order valence-corrected chi connectivity index (χ1v) is 10.8. The Bertz CT molecular complexity index is 1370. The molecule has 0 aliphatic heterocycles. The van der Waals surface area contributed by atoms with Crippen LogP contribution in [0.25, 0.3) is 10.9 Å². The summed E-state index contributed by atoms with van der Waals surface area (Å²) in [7, 11) is 3.18. The number of anilines is 2. The van der Waals surface area contributed by atoms with Gasteiger partial charge in [0.2, 0.25) is 0 Å². The van der Waals surface area contributed by atoms with Crippen LogP contribution in [0.1, 0.15) is 16.7 Å². The summed E-state index contributed by atoms with van der Waals surface area (Å²) in [6.45, 7) is 5.86. The average molecular weight is 458 g/mol. The molecule has 4 aromatic rings. The van der Waals surface area contributed by atoms with Crippen LogP contribution in [0.3, 0.4) is 0 Å². The predicted molar refractivity (Wildman–Crippen MR) is 135 cm³/mol. The molecule has 7 heteroatoms. The van der Waals surface area contributed by atoms with Gasteiger partial charge in [0.05, 0.1) is 19.7 Å². The molecular weight excluding hydrogens is 430 g/mol. The normalized spacial score (nSPS) is 10.6. The Morgan fingerprint density at radius 1 is 0.765 bits per heavy atom. The van der Waals surface area contributed by atoms with Crippen LogP contribution in [0.15, 0.2) is 60.8 Å². The van der Waals surface area contributed by atoms with Gasteiger partial charge in [0.25, 0.3) is 0 Å². The molecule has 1 heterocycles. The van der Waals surface area contributed by atoms with Crippen molar-refractivity contribution < 1.29 is 19.0 Å². The molecule has 0 unspecified atom stereocenters. The Balaban J connectivity index is 1.58. The Morgan fingerprint density at radius 2 is 1.47 bits per heavy atom. The third-order valence-corrected chi connectivity index (χ3v) is 5.81. The molecule has 0 aliphatic carbocycles. The maximum Gasteiger partial charge on any atom is 0.323 e. The number of ether oxygens (including phenoxy) is 3. The summed E-state index contributed by atoms with van der Waals surface area (Å²) >= 11 is 0. The summed E-state index contributed by atoms with van der Waals surface area (Å²) in [4.78, 5) is 17.0. The molecule has 0 bridgehead atoms. The fourth-order valence-electron chi connectivity index (χ4n) is 3.69. The number of hydrogen-bond donors (Lipinski definition) is 2. The molecule has 4 rings (SSSR count). The molecule has 0 spiro atoms. The second kappa shape index (κ2) is 9.70. The molecule has 7 nitrogen and oxygen atoms in total. The Kier molecular flexibility index (Phi) is 6.54. The summed E-state index contributed by atoms with van der Waals surface area (Å²) in [5.41, 5.74) is 5.03. The minimum atomic E-state index is -0.299. The molecule has 0 atom stereocenters. The minimum Gasteiger partial charge on any atom is -0.493 e. The first-order valence-electron chi connectivity index (χ1n) is 10.8. The number of nitrogens with one attached hydrogen (secondary N) is 2. The molecule has 0 fully saturated rings. The molecule has 174 valence electrons. The average Bonchev–Trinajstić information content (AvgIpc) is 2.84. The lowest BCUT2D eigenvalue weighted by Crippen LogP contribution is -2.20. The minimum absolute atomic E-state index is 0.299. The lowest BCUT2D eigenvalue weighted by Gasteiger charge is -2.17. The number of carbonyl (C=O) groups excluding carboxylic acids is 1. The van der Waals surface area contributed by atoms with E-state index in [2.05, 4.69) is 15.6 Å². The summed E-state index contributed by atoms with van der Waals surface area (Å²) in [6, 6.07) is 16.5. The quantitative estimate of drug-likeness (QED) is 0.340. The van der Waals surface area contributed by atoms with Gasteiger partial charge < -0.3 is 24.8 Å². The Morgan fingerprint density at radius 3 is 2.21 bits per heavy atom. The zero-order valence-electron chi connectivity index (χ0n) is 19.9. The molecule has 2 N–H and O–H groups in total. The van der Waals surface area contributed by atoms with Gasteiger partial charge >= 0.3 is 6.03 Å². The van der Waals surface area contributed by atoms with Crippen LogP contribution < -0.4 is 24.8 Å². The number of carbonyl (C=O) groups is 1. The van der Waals surface area contributed by atoms with E-state index in [4.69, 9.17) is 14.2 Å². The van der Waals surface area contributed by atoms with E-state index in [1.807, 2.05) is 75.4 Å². The van der Waals surface area contributed by atoms with E-state index in [9.17, 15) is 4.79 Å². The van der Waals surface area contributed by atoms with Gasteiger partial charge in [-0.1, -0.05) is 18.2 Å². The molecule has 3 aromatic carbocycles. The highest BCUT2D eigenvalue weighted by Crippen LogP contribution is 2.38. The van der Waals surface area contributed by atoms with Crippen molar-refractivity contribution in [2.45, 2.75) is 20.8 Å². The molecule has 2 amide bonds. The zero-order valence-corrected chi connectivity index (χ0v) is 19.9. The Hall–Kier alpha value is -4.26. The molecule has 0 saturated heterocycles. The molecule has 0 aliphatic rings. The van der Waals surface area contributed by atoms with Gasteiger partial charge in [-0.15, -0.1) is 0 Å². The molecular formula is C27H27N3O4. The highest BCUT2D eigenvalue weighted by atomic mass is 16.5. The summed E-state index contributed by atoms with van der Waals surface area (Å²) in [5.74, 6) is 2.53. The van der Waals surface area contributed by atoms with Gasteiger partial charge in [-0.2, -0.15) is 0 Å². The van der Waals surface area contributed by atoms with E-state index in [0.29, 0.717) is 28.7 Å². The number of methoxy groups -OCH3 is 2. The van der Waals surface area contributed by atoms with Crippen LogP contribution in [0, 0.1) is 20.8 Å². The van der Waals surface area contributed by atoms with Gasteiger partial charge in [-0.05, 0) is 67.8 Å². The van der Waals surface area contributed by atoms with Gasteiger partial charge in [-0.3, -0.25) is 4.98 Å². The number of amides is 2. The third kappa shape index (κ3) is 4.59. The highest BCUT2D eigenvalue weighted by Gasteiger charge is 2.15. The second-order valence-electron chi connectivity index (χ2n) is 7.89. The van der Waals surface area contributed by atoms with E-state index in [0.717, 1.165) is 33.3 Å². The smallest absolute Gasteiger partial charge is 0.323 e. The molecule has 34 heavy (non-hydrogen) atoms. The number of hydrogen-bond acceptors (Lipinski definition) is 5. The number of rotatable bonds is 6. The van der Waals surface area contributed by atoms with Crippen molar-refractivity contribution in [2.75, 3.05) is 24.9 Å². The third-order valence-electron chi connectivity index (χ3n) is 5.81. The van der Waals surface area contributed by atoms with E-state index >= 15 is 0 Å². The van der Waals surface area contributed by atoms with Crippen LogP contribution in [-0.2, 0) is 0 Å². The van der Waals surface area contributed by atoms with E-state index < -0.39 is 0 Å². The number of urea groups is 1. The summed E-state index contributed by atoms with van der Waals surface area (Å²) in [6.07, 6.45) is 1.69. The van der Waals surface area contributed by atoms with Crippen LogP contribution in [0.4, 0.5) is 16.2 Å². The van der Waals surface area contributed by atoms with Gasteiger partial charge in [0, 0.05) is 29.0 Å². The summed E-state index contributed by atoms with van der Waals surface area (Å²) in [5, 5.41) is 6.62. The maximum absolute atomic E-state index is 12.6. The monoisotopic (exact) mass is 457 g/mol. The van der Waals surface area contributed by atoms with Crippen molar-refractivity contribution in [1.29, 1.82) is 0 Å². The first-order chi connectivity index (χ1) is 16.4. The number of aromatic nitrogens is 1. The SMILES string of the molecule is COc1cc2nccc(Oc3ccc(NC(=O)Nc4ccccc4C)c(C)c3C)c2cc1OC. The first kappa shape index (κ1) is 22.9. The van der Waals surface area contributed by atoms with E-state index in [-0.39, 0.29) is 6.03 Å². The van der Waals surface area contributed by atoms with Crippen molar-refractivity contribution in [1.82, 2.24) is 4.98 Å². The van der Waals surface area contributed by atoms with E-state index in [1.54, 1.807) is 20.4 Å². The summed E-state index contributed by atoms with van der Waals surface area (Å²) < 4.78 is 17.1. The number of benzene rings is 3. The van der Waals surface area contributed by atoms with Crippen molar-refractivity contribution in [3.8, 4) is 23.0 Å². The number of pyridine rings is 1. The molecule has 0 saturated carbocycles. The van der Waals surface area contributed by atoms with Crippen molar-refractivity contribution in [2.24, 2.45) is 0 Å². The largest absolute Gasteiger partial charge is 0.493 e. The lowest BCUT2D eigenvalue weighted by atomic mass is 10.1.